The van der Waals surface area contributed by atoms with Gasteiger partial charge in [-0.15, -0.1) is 0 Å². The van der Waals surface area contributed by atoms with E-state index in [0.29, 0.717) is 6.04 Å². The van der Waals surface area contributed by atoms with Crippen LogP contribution in [0.2, 0.25) is 0 Å². The molecule has 0 amide bonds. The van der Waals surface area contributed by atoms with Gasteiger partial charge in [0, 0.05) is 25.2 Å². The van der Waals surface area contributed by atoms with Gasteiger partial charge < -0.3 is 10.8 Å². The summed E-state index contributed by atoms with van der Waals surface area (Å²) in [6.45, 7) is 1.81. The van der Waals surface area contributed by atoms with Crippen LogP contribution in [0.15, 0.2) is 24.3 Å². The number of benzene rings is 1. The third-order valence-corrected chi connectivity index (χ3v) is 3.48. The Morgan fingerprint density at radius 2 is 1.94 bits per heavy atom. The summed E-state index contributed by atoms with van der Waals surface area (Å²) in [6, 6.07) is 6.95. The Balaban J connectivity index is 1.82. The van der Waals surface area contributed by atoms with Crippen molar-refractivity contribution in [1.82, 2.24) is 4.90 Å². The fourth-order valence-corrected chi connectivity index (χ4v) is 2.23. The minimum absolute atomic E-state index is 0.0643. The van der Waals surface area contributed by atoms with Crippen LogP contribution in [0.4, 0.5) is 4.39 Å². The molecule has 0 heterocycles. The molecule has 0 bridgehead atoms. The Labute approximate surface area is 107 Å². The summed E-state index contributed by atoms with van der Waals surface area (Å²) in [5.41, 5.74) is 7.07. The first-order valence-corrected chi connectivity index (χ1v) is 6.56. The van der Waals surface area contributed by atoms with E-state index in [1.807, 2.05) is 0 Å². The molecule has 1 aliphatic rings. The third-order valence-electron chi connectivity index (χ3n) is 3.48. The van der Waals surface area contributed by atoms with Crippen LogP contribution >= 0.6 is 0 Å². The third kappa shape index (κ3) is 3.77. The van der Waals surface area contributed by atoms with Gasteiger partial charge in [-0.05, 0) is 37.0 Å². The minimum Gasteiger partial charge on any atom is -0.395 e. The van der Waals surface area contributed by atoms with Crippen LogP contribution in [0.5, 0.6) is 0 Å². The van der Waals surface area contributed by atoms with Crippen molar-refractivity contribution < 1.29 is 9.50 Å². The zero-order valence-corrected chi connectivity index (χ0v) is 10.6. The monoisotopic (exact) mass is 252 g/mol. The summed E-state index contributed by atoms with van der Waals surface area (Å²) in [4.78, 5) is 2.30. The lowest BCUT2D eigenvalue weighted by Gasteiger charge is -2.22. The summed E-state index contributed by atoms with van der Waals surface area (Å²) in [7, 11) is 0. The molecule has 0 radical (unpaired) electrons. The molecule has 1 fully saturated rings. The van der Waals surface area contributed by atoms with Gasteiger partial charge in [-0.25, -0.2) is 4.39 Å². The van der Waals surface area contributed by atoms with Crippen molar-refractivity contribution in [2.24, 2.45) is 5.73 Å². The largest absolute Gasteiger partial charge is 0.395 e. The summed E-state index contributed by atoms with van der Waals surface area (Å²) in [5, 5.41) is 9.01. The van der Waals surface area contributed by atoms with E-state index in [0.717, 1.165) is 25.1 Å². The number of aliphatic hydroxyl groups is 1. The van der Waals surface area contributed by atoms with E-state index in [1.165, 1.54) is 25.0 Å². The smallest absolute Gasteiger partial charge is 0.123 e. The van der Waals surface area contributed by atoms with Gasteiger partial charge in [0.15, 0.2) is 0 Å². The Kier molecular flexibility index (Phi) is 4.69. The van der Waals surface area contributed by atoms with Crippen LogP contribution in [0.1, 0.15) is 30.9 Å². The van der Waals surface area contributed by atoms with Crippen LogP contribution < -0.4 is 5.73 Å². The average molecular weight is 252 g/mol. The summed E-state index contributed by atoms with van der Waals surface area (Å²) in [5.74, 6) is -0.231. The second-order valence-electron chi connectivity index (χ2n) is 4.94. The quantitative estimate of drug-likeness (QED) is 0.776. The van der Waals surface area contributed by atoms with Gasteiger partial charge in [0.25, 0.3) is 0 Å². The number of hydrogen-bond acceptors (Lipinski definition) is 3. The molecular weight excluding hydrogens is 231 g/mol. The van der Waals surface area contributed by atoms with Crippen molar-refractivity contribution in [2.45, 2.75) is 31.3 Å². The Bertz CT molecular complexity index is 365. The second-order valence-corrected chi connectivity index (χ2v) is 4.94. The Morgan fingerprint density at radius 1 is 1.28 bits per heavy atom. The predicted molar refractivity (Wildman–Crippen MR) is 69.6 cm³/mol. The summed E-state index contributed by atoms with van der Waals surface area (Å²) in [6.07, 6.45) is 3.29. The highest BCUT2D eigenvalue weighted by Gasteiger charge is 2.28. The molecule has 2 rings (SSSR count). The number of nitrogens with zero attached hydrogens (tertiary/aromatic N) is 1. The first-order chi connectivity index (χ1) is 8.70. The lowest BCUT2D eigenvalue weighted by molar-refractivity contribution is 0.185. The van der Waals surface area contributed by atoms with Crippen LogP contribution in [0.3, 0.4) is 0 Å². The molecule has 1 saturated carbocycles. The molecule has 0 saturated heterocycles. The van der Waals surface area contributed by atoms with Gasteiger partial charge in [0.05, 0.1) is 6.61 Å². The van der Waals surface area contributed by atoms with E-state index in [2.05, 4.69) is 4.90 Å². The standard InChI is InChI=1S/C14H21FN2O/c15-12-3-1-11(2-4-12)14(16)7-8-17(9-10-18)13-5-6-13/h1-4,13-14,18H,5-10,16H2. The molecule has 1 aromatic rings. The van der Waals surface area contributed by atoms with Crippen molar-refractivity contribution >= 4 is 0 Å². The normalized spacial score (nSPS) is 17.1. The summed E-state index contributed by atoms with van der Waals surface area (Å²) < 4.78 is 12.8. The van der Waals surface area contributed by atoms with Crippen molar-refractivity contribution in [2.75, 3.05) is 19.7 Å². The fraction of sp³-hybridized carbons (Fsp3) is 0.571. The number of halogens is 1. The SMILES string of the molecule is NC(CCN(CCO)C1CC1)c1ccc(F)cc1. The van der Waals surface area contributed by atoms with E-state index in [9.17, 15) is 4.39 Å². The molecule has 3 nitrogen and oxygen atoms in total. The predicted octanol–water partition coefficient (Wildman–Crippen LogP) is 1.67. The van der Waals surface area contributed by atoms with Gasteiger partial charge in [-0.3, -0.25) is 4.90 Å². The Morgan fingerprint density at radius 3 is 2.50 bits per heavy atom. The molecule has 0 aromatic heterocycles. The zero-order chi connectivity index (χ0) is 13.0. The van der Waals surface area contributed by atoms with Gasteiger partial charge in [0.2, 0.25) is 0 Å². The van der Waals surface area contributed by atoms with E-state index >= 15 is 0 Å². The van der Waals surface area contributed by atoms with Gasteiger partial charge in [-0.2, -0.15) is 0 Å². The molecule has 0 aliphatic heterocycles. The highest BCUT2D eigenvalue weighted by Crippen LogP contribution is 2.27. The lowest BCUT2D eigenvalue weighted by Crippen LogP contribution is -2.32. The molecular formula is C14H21FN2O. The number of aliphatic hydroxyl groups excluding tert-OH is 1. The van der Waals surface area contributed by atoms with Crippen molar-refractivity contribution in [1.29, 1.82) is 0 Å². The minimum atomic E-state index is -0.231. The molecule has 18 heavy (non-hydrogen) atoms. The number of hydrogen-bond donors (Lipinski definition) is 2. The van der Waals surface area contributed by atoms with Gasteiger partial charge in [-0.1, -0.05) is 12.1 Å². The van der Waals surface area contributed by atoms with Gasteiger partial charge in [0.1, 0.15) is 5.82 Å². The maximum atomic E-state index is 12.8. The van der Waals surface area contributed by atoms with Crippen LogP contribution in [-0.2, 0) is 0 Å². The maximum absolute atomic E-state index is 12.8. The first kappa shape index (κ1) is 13.5. The lowest BCUT2D eigenvalue weighted by atomic mass is 10.0. The molecule has 3 N–H and O–H groups in total. The van der Waals surface area contributed by atoms with E-state index in [-0.39, 0.29) is 18.5 Å². The molecule has 1 atom stereocenters. The van der Waals surface area contributed by atoms with E-state index < -0.39 is 0 Å². The van der Waals surface area contributed by atoms with Crippen LogP contribution in [0, 0.1) is 5.82 Å². The summed E-state index contributed by atoms with van der Waals surface area (Å²) >= 11 is 0. The van der Waals surface area contributed by atoms with Crippen molar-refractivity contribution in [3.63, 3.8) is 0 Å². The zero-order valence-electron chi connectivity index (χ0n) is 10.6. The molecule has 100 valence electrons. The first-order valence-electron chi connectivity index (χ1n) is 6.56. The molecule has 4 heteroatoms. The van der Waals surface area contributed by atoms with Crippen molar-refractivity contribution in [3.8, 4) is 0 Å². The maximum Gasteiger partial charge on any atom is 0.123 e. The topological polar surface area (TPSA) is 49.5 Å². The van der Waals surface area contributed by atoms with Gasteiger partial charge >= 0.3 is 0 Å². The fourth-order valence-electron chi connectivity index (χ4n) is 2.23. The molecule has 1 unspecified atom stereocenters. The average Bonchev–Trinajstić information content (AvgIpc) is 3.19. The molecule has 1 aliphatic carbocycles. The van der Waals surface area contributed by atoms with E-state index in [4.69, 9.17) is 10.8 Å². The van der Waals surface area contributed by atoms with E-state index in [1.54, 1.807) is 12.1 Å². The molecule has 1 aromatic carbocycles. The van der Waals surface area contributed by atoms with Crippen LogP contribution in [-0.4, -0.2) is 35.7 Å². The van der Waals surface area contributed by atoms with Crippen molar-refractivity contribution in [3.05, 3.63) is 35.6 Å². The number of nitrogens with two attached hydrogens (primary N) is 1. The Hall–Kier alpha value is -0.970. The second kappa shape index (κ2) is 6.27. The number of rotatable bonds is 7. The highest BCUT2D eigenvalue weighted by atomic mass is 19.1. The highest BCUT2D eigenvalue weighted by molar-refractivity contribution is 5.19. The molecule has 0 spiro atoms. The van der Waals surface area contributed by atoms with Crippen LogP contribution in [0.25, 0.3) is 0 Å².